The smallest absolute Gasteiger partial charge is 0.238 e. The number of Topliss-reactive ketones (excluding diaryl/α,β-unsaturated/α-hetero) is 1. The molecule has 2 fully saturated rings. The number of imide groups is 1. The lowest BCUT2D eigenvalue weighted by molar-refractivity contribution is -0.135. The zero-order valence-corrected chi connectivity index (χ0v) is 32.2. The van der Waals surface area contributed by atoms with Crippen molar-refractivity contribution in [3.63, 3.8) is 0 Å². The van der Waals surface area contributed by atoms with Crippen LogP contribution in [0.5, 0.6) is 17.2 Å². The number of fused-ring (bicyclic) bond motifs is 5. The molecule has 6 atom stereocenters. The maximum atomic E-state index is 15.4. The van der Waals surface area contributed by atoms with Gasteiger partial charge in [-0.1, -0.05) is 84.4 Å². The lowest BCUT2D eigenvalue weighted by Crippen LogP contribution is -2.59. The number of allylic oxidation sites excluding steroid dienone is 4. The van der Waals surface area contributed by atoms with Crippen LogP contribution in [0.15, 0.2) is 143 Å². The van der Waals surface area contributed by atoms with E-state index in [1.165, 1.54) is 37.3 Å². The number of rotatable bonds is 7. The minimum atomic E-state index is -1.50. The van der Waals surface area contributed by atoms with E-state index in [-0.39, 0.29) is 53.5 Å². The number of carbonyl (C=O) groups is 4. The number of phenolic OH excluding ortho intramolecular Hbond substituents is 1. The fraction of sp³-hybridized carbons (Fsp3) is 0.204. The highest BCUT2D eigenvalue weighted by Gasteiger charge is 2.66. The van der Waals surface area contributed by atoms with Crippen molar-refractivity contribution in [1.29, 1.82) is 0 Å². The van der Waals surface area contributed by atoms with Crippen LogP contribution in [0.25, 0.3) is 28.1 Å². The van der Waals surface area contributed by atoms with Gasteiger partial charge >= 0.3 is 0 Å². The number of oxazole rings is 1. The van der Waals surface area contributed by atoms with Crippen LogP contribution in [0, 0.1) is 23.7 Å². The molecule has 1 aliphatic heterocycles. The maximum Gasteiger partial charge on any atom is 0.238 e. The number of aromatic hydroxyl groups is 1. The summed E-state index contributed by atoms with van der Waals surface area (Å²) in [4.78, 5) is 66.0. The minimum absolute atomic E-state index is 0.107. The van der Waals surface area contributed by atoms with Crippen LogP contribution in [-0.4, -0.2) is 47.7 Å². The highest BCUT2D eigenvalue weighted by molar-refractivity contribution is 6.32. The average molecular weight is 783 g/mol. The van der Waals surface area contributed by atoms with Gasteiger partial charge in [-0.15, -0.1) is 0 Å². The summed E-state index contributed by atoms with van der Waals surface area (Å²) in [5.41, 5.74) is 3.74. The lowest BCUT2D eigenvalue weighted by atomic mass is 9.44. The first-order chi connectivity index (χ1) is 28.7. The van der Waals surface area contributed by atoms with E-state index in [1.54, 1.807) is 24.3 Å². The number of phenols is 1. The van der Waals surface area contributed by atoms with Crippen LogP contribution in [0.4, 0.5) is 5.69 Å². The van der Waals surface area contributed by atoms with Crippen LogP contribution < -0.4 is 14.4 Å². The van der Waals surface area contributed by atoms with E-state index in [1.807, 2.05) is 91.0 Å². The van der Waals surface area contributed by atoms with Gasteiger partial charge in [0.2, 0.25) is 17.7 Å². The van der Waals surface area contributed by atoms with Gasteiger partial charge in [-0.25, -0.2) is 4.98 Å². The van der Waals surface area contributed by atoms with Crippen molar-refractivity contribution in [1.82, 2.24) is 4.98 Å². The number of nitrogens with zero attached hydrogens (tertiary/aromatic N) is 2. The number of benzene rings is 5. The molecule has 5 aromatic carbocycles. The van der Waals surface area contributed by atoms with Crippen LogP contribution in [0.2, 0.25) is 0 Å². The number of anilines is 1. The summed E-state index contributed by atoms with van der Waals surface area (Å²) in [6.07, 6.45) is 3.83. The van der Waals surface area contributed by atoms with Gasteiger partial charge in [-0.05, 0) is 72.4 Å². The van der Waals surface area contributed by atoms with Gasteiger partial charge in [0.05, 0.1) is 37.2 Å². The predicted molar refractivity (Wildman–Crippen MR) is 220 cm³/mol. The van der Waals surface area contributed by atoms with E-state index in [4.69, 9.17) is 13.9 Å². The maximum absolute atomic E-state index is 15.4. The third-order valence-electron chi connectivity index (χ3n) is 12.9. The summed E-state index contributed by atoms with van der Waals surface area (Å²) < 4.78 is 17.9. The van der Waals surface area contributed by atoms with E-state index in [2.05, 4.69) is 4.98 Å². The molecule has 1 N–H and O–H groups in total. The zero-order valence-electron chi connectivity index (χ0n) is 32.2. The fourth-order valence-electron chi connectivity index (χ4n) is 10.4. The zero-order chi connectivity index (χ0) is 40.6. The Labute approximate surface area is 339 Å². The molecule has 6 unspecified atom stereocenters. The van der Waals surface area contributed by atoms with Crippen LogP contribution in [-0.2, 0) is 24.6 Å². The Balaban J connectivity index is 1.13. The van der Waals surface area contributed by atoms with Crippen molar-refractivity contribution in [2.45, 2.75) is 24.2 Å². The first-order valence-electron chi connectivity index (χ1n) is 19.6. The highest BCUT2D eigenvalue weighted by atomic mass is 16.5. The molecule has 10 heteroatoms. The molecule has 6 aromatic rings. The molecule has 0 radical (unpaired) electrons. The number of aromatic nitrogens is 1. The topological polar surface area (TPSA) is 136 Å². The predicted octanol–water partition coefficient (Wildman–Crippen LogP) is 8.25. The summed E-state index contributed by atoms with van der Waals surface area (Å²) in [6, 6.07) is 35.9. The lowest BCUT2D eigenvalue weighted by Gasteiger charge is -2.55. The second kappa shape index (κ2) is 13.8. The number of para-hydroxylation sites is 2. The van der Waals surface area contributed by atoms with Crippen LogP contribution in [0.3, 0.4) is 0 Å². The van der Waals surface area contributed by atoms with E-state index in [0.29, 0.717) is 45.0 Å². The first-order valence-corrected chi connectivity index (χ1v) is 19.6. The number of hydrogen-bond donors (Lipinski definition) is 1. The Bertz CT molecular complexity index is 2710. The largest absolute Gasteiger partial charge is 0.508 e. The van der Waals surface area contributed by atoms with Gasteiger partial charge in [-0.3, -0.25) is 24.1 Å². The normalized spacial score (nSPS) is 24.9. The van der Waals surface area contributed by atoms with Gasteiger partial charge in [0.25, 0.3) is 0 Å². The highest BCUT2D eigenvalue weighted by Crippen LogP contribution is 2.66. The third-order valence-corrected chi connectivity index (χ3v) is 12.9. The van der Waals surface area contributed by atoms with E-state index < -0.39 is 35.0 Å². The number of methoxy groups -OCH3 is 2. The Hall–Kier alpha value is -7.07. The second-order valence-electron chi connectivity index (χ2n) is 15.6. The molecule has 10 nitrogen and oxygen atoms in total. The Morgan fingerprint density at radius 2 is 1.42 bits per heavy atom. The molecule has 4 aliphatic rings. The average Bonchev–Trinajstić information content (AvgIpc) is 3.82. The van der Waals surface area contributed by atoms with Gasteiger partial charge in [0.15, 0.2) is 17.1 Å². The third kappa shape index (κ3) is 5.35. The van der Waals surface area contributed by atoms with Crippen molar-refractivity contribution in [3.05, 3.63) is 156 Å². The Morgan fingerprint density at radius 1 is 0.763 bits per heavy atom. The minimum Gasteiger partial charge on any atom is -0.508 e. The number of carbonyl (C=O) groups excluding carboxylic acids is 4. The van der Waals surface area contributed by atoms with Crippen molar-refractivity contribution in [3.8, 4) is 28.7 Å². The molecular formula is C49H38N2O8. The molecule has 0 bridgehead atoms. The van der Waals surface area contributed by atoms with Crippen LogP contribution >= 0.6 is 0 Å². The monoisotopic (exact) mass is 782 g/mol. The number of ether oxygens (including phenoxy) is 2. The first kappa shape index (κ1) is 36.3. The van der Waals surface area contributed by atoms with Crippen LogP contribution in [0.1, 0.15) is 35.4 Å². The van der Waals surface area contributed by atoms with E-state index in [0.717, 1.165) is 11.1 Å². The number of amides is 2. The Morgan fingerprint density at radius 3 is 2.10 bits per heavy atom. The van der Waals surface area contributed by atoms with Crippen molar-refractivity contribution < 1.29 is 38.2 Å². The molecular weight excluding hydrogens is 745 g/mol. The fourth-order valence-corrected chi connectivity index (χ4v) is 10.4. The van der Waals surface area contributed by atoms with Crippen molar-refractivity contribution in [2.75, 3.05) is 19.1 Å². The summed E-state index contributed by atoms with van der Waals surface area (Å²) in [5, 5.41) is 10.8. The SMILES string of the molecule is COc1cc(O)cc(OC)c1C1C2=CCC3C(=O)N(c4ccc(-c5nc6ccccc6o5)cc4)C(=O)C3C2CC2C(=O)C(c3ccccc3)=CC(=O)C21c1ccccc1. The van der Waals surface area contributed by atoms with Gasteiger partial charge in [-0.2, -0.15) is 0 Å². The molecule has 1 aromatic heterocycles. The summed E-state index contributed by atoms with van der Waals surface area (Å²) >= 11 is 0. The molecule has 59 heavy (non-hydrogen) atoms. The molecule has 2 amide bonds. The van der Waals surface area contributed by atoms with Gasteiger partial charge < -0.3 is 19.0 Å². The molecule has 3 aliphatic carbocycles. The van der Waals surface area contributed by atoms with Gasteiger partial charge in [0, 0.05) is 40.7 Å². The number of ketones is 2. The molecule has 10 rings (SSSR count). The Kier molecular flexibility index (Phi) is 8.48. The molecule has 1 saturated carbocycles. The van der Waals surface area contributed by atoms with Crippen molar-refractivity contribution >= 4 is 45.7 Å². The quantitative estimate of drug-likeness (QED) is 0.125. The summed E-state index contributed by atoms with van der Waals surface area (Å²) in [6.45, 7) is 0. The molecule has 2 heterocycles. The standard InChI is InChI=1S/C49H38N2O8/c1-57-39-23-31(52)24-40(58-2)43(39)44-32-21-22-33-42(48(56)51(47(33)55)30-19-17-28(18-20-30)46-50-37-15-9-10-16-38(37)59-46)35(32)25-36-45(54)34(27-11-5-3-6-12-27)26-41(53)49(36,44)29-13-7-4-8-14-29/h3-21,23-24,26,33,35-36,42,44,52H,22,25H2,1-2H3. The van der Waals surface area contributed by atoms with E-state index in [9.17, 15) is 14.7 Å². The molecule has 1 saturated heterocycles. The van der Waals surface area contributed by atoms with E-state index >= 15 is 9.59 Å². The summed E-state index contributed by atoms with van der Waals surface area (Å²) in [7, 11) is 2.95. The van der Waals surface area contributed by atoms with Gasteiger partial charge in [0.1, 0.15) is 22.8 Å². The summed E-state index contributed by atoms with van der Waals surface area (Å²) in [5.74, 6) is -4.34. The van der Waals surface area contributed by atoms with Crippen molar-refractivity contribution in [2.24, 2.45) is 23.7 Å². The molecule has 0 spiro atoms. The second-order valence-corrected chi connectivity index (χ2v) is 15.6. The molecule has 292 valence electrons. The number of hydrogen-bond acceptors (Lipinski definition) is 9.